The van der Waals surface area contributed by atoms with E-state index in [4.69, 9.17) is 5.11 Å². The van der Waals surface area contributed by atoms with Gasteiger partial charge in [0.25, 0.3) is 0 Å². The van der Waals surface area contributed by atoms with Gasteiger partial charge in [-0.2, -0.15) is 0 Å². The maximum absolute atomic E-state index is 9.28. The molecule has 0 aliphatic carbocycles. The van der Waals surface area contributed by atoms with Gasteiger partial charge in [0.1, 0.15) is 5.75 Å². The van der Waals surface area contributed by atoms with Crippen LogP contribution < -0.4 is 0 Å². The van der Waals surface area contributed by atoms with Crippen molar-refractivity contribution in [3.63, 3.8) is 0 Å². The van der Waals surface area contributed by atoms with E-state index >= 15 is 0 Å². The first-order chi connectivity index (χ1) is 10.8. The molecule has 0 saturated carbocycles. The van der Waals surface area contributed by atoms with Crippen molar-refractivity contribution >= 4 is 0 Å². The molecular weight excluding hydrogens is 276 g/mol. The van der Waals surface area contributed by atoms with Gasteiger partial charge in [-0.25, -0.2) is 9.97 Å². The maximum Gasteiger partial charge on any atom is 0.159 e. The van der Waals surface area contributed by atoms with Crippen LogP contribution in [0, 0.1) is 0 Å². The lowest BCUT2D eigenvalue weighted by molar-refractivity contribution is 0.282. The first-order valence-corrected chi connectivity index (χ1v) is 8.01. The van der Waals surface area contributed by atoms with Gasteiger partial charge in [-0.3, -0.25) is 0 Å². The van der Waals surface area contributed by atoms with Gasteiger partial charge in [-0.1, -0.05) is 25.7 Å². The molecule has 0 fully saturated rings. The fourth-order valence-corrected chi connectivity index (χ4v) is 2.39. The number of aromatic nitrogens is 2. The van der Waals surface area contributed by atoms with Crippen LogP contribution in [0.15, 0.2) is 36.7 Å². The van der Waals surface area contributed by atoms with E-state index in [9.17, 15) is 5.11 Å². The third-order valence-electron chi connectivity index (χ3n) is 3.70. The second kappa shape index (κ2) is 9.15. The number of rotatable bonds is 9. The minimum atomic E-state index is 0.249. The second-order valence-corrected chi connectivity index (χ2v) is 5.56. The minimum Gasteiger partial charge on any atom is -0.508 e. The molecular formula is C18H24N2O2. The SMILES string of the molecule is OCCCCCCCCc1cnc(-c2ccc(O)cc2)nc1. The summed E-state index contributed by atoms with van der Waals surface area (Å²) >= 11 is 0. The topological polar surface area (TPSA) is 66.2 Å². The number of aromatic hydroxyl groups is 1. The number of phenolic OH excluding ortho intramolecular Hbond substituents is 1. The molecule has 4 nitrogen and oxygen atoms in total. The van der Waals surface area contributed by atoms with E-state index < -0.39 is 0 Å². The van der Waals surface area contributed by atoms with Gasteiger partial charge >= 0.3 is 0 Å². The lowest BCUT2D eigenvalue weighted by Gasteiger charge is -2.04. The molecule has 1 heterocycles. The number of nitrogens with zero attached hydrogens (tertiary/aromatic N) is 2. The number of phenols is 1. The zero-order valence-electron chi connectivity index (χ0n) is 12.9. The highest BCUT2D eigenvalue weighted by Gasteiger charge is 2.02. The summed E-state index contributed by atoms with van der Waals surface area (Å²) in [5.74, 6) is 0.937. The monoisotopic (exact) mass is 300 g/mol. The first kappa shape index (κ1) is 16.4. The Kier molecular flexibility index (Phi) is 6.84. The number of aliphatic hydroxyl groups is 1. The Bertz CT molecular complexity index is 538. The van der Waals surface area contributed by atoms with Crippen molar-refractivity contribution in [2.75, 3.05) is 6.61 Å². The van der Waals surface area contributed by atoms with Crippen LogP contribution in [0.5, 0.6) is 5.75 Å². The lowest BCUT2D eigenvalue weighted by atomic mass is 10.1. The molecule has 0 spiro atoms. The number of aryl methyl sites for hydroxylation is 1. The maximum atomic E-state index is 9.28. The van der Waals surface area contributed by atoms with Gasteiger partial charge < -0.3 is 10.2 Å². The molecule has 1 aromatic carbocycles. The zero-order valence-corrected chi connectivity index (χ0v) is 12.9. The van der Waals surface area contributed by atoms with Gasteiger partial charge in [0.2, 0.25) is 0 Å². The molecule has 2 rings (SSSR count). The molecule has 2 N–H and O–H groups in total. The van der Waals surface area contributed by atoms with E-state index in [0.29, 0.717) is 12.4 Å². The van der Waals surface area contributed by atoms with Crippen LogP contribution in [-0.4, -0.2) is 26.8 Å². The summed E-state index contributed by atoms with van der Waals surface area (Å²) in [7, 11) is 0. The Labute approximate surface area is 131 Å². The van der Waals surface area contributed by atoms with Crippen molar-refractivity contribution in [1.82, 2.24) is 9.97 Å². The Morgan fingerprint density at radius 2 is 1.36 bits per heavy atom. The summed E-state index contributed by atoms with van der Waals surface area (Å²) in [6.45, 7) is 0.310. The first-order valence-electron chi connectivity index (χ1n) is 8.01. The van der Waals surface area contributed by atoms with Crippen molar-refractivity contribution in [2.24, 2.45) is 0 Å². The van der Waals surface area contributed by atoms with E-state index in [1.54, 1.807) is 12.1 Å². The molecule has 0 saturated heterocycles. The van der Waals surface area contributed by atoms with Crippen LogP contribution >= 0.6 is 0 Å². The quantitative estimate of drug-likeness (QED) is 0.693. The van der Waals surface area contributed by atoms with Gasteiger partial charge in [0, 0.05) is 24.6 Å². The highest BCUT2D eigenvalue weighted by molar-refractivity contribution is 5.55. The highest BCUT2D eigenvalue weighted by atomic mass is 16.3. The Morgan fingerprint density at radius 3 is 2.00 bits per heavy atom. The minimum absolute atomic E-state index is 0.249. The predicted molar refractivity (Wildman–Crippen MR) is 87.6 cm³/mol. The smallest absolute Gasteiger partial charge is 0.159 e. The Hall–Kier alpha value is -1.94. The van der Waals surface area contributed by atoms with Crippen LogP contribution in [0.1, 0.15) is 44.1 Å². The van der Waals surface area contributed by atoms with Crippen molar-refractivity contribution in [1.29, 1.82) is 0 Å². The standard InChI is InChI=1S/C18H24N2O2/c21-12-6-4-2-1-3-5-7-15-13-19-18(20-14-15)16-8-10-17(22)11-9-16/h8-11,13-14,21-22H,1-7,12H2. The van der Waals surface area contributed by atoms with E-state index in [0.717, 1.165) is 36.8 Å². The fraction of sp³-hybridized carbons (Fsp3) is 0.444. The molecule has 0 aliphatic heterocycles. The van der Waals surface area contributed by atoms with Crippen molar-refractivity contribution < 1.29 is 10.2 Å². The summed E-state index contributed by atoms with van der Waals surface area (Å²) in [6.07, 6.45) is 11.6. The van der Waals surface area contributed by atoms with Crippen molar-refractivity contribution in [3.05, 3.63) is 42.2 Å². The Balaban J connectivity index is 1.74. The number of benzene rings is 1. The normalized spacial score (nSPS) is 10.8. The molecule has 0 aliphatic rings. The summed E-state index contributed by atoms with van der Waals surface area (Å²) < 4.78 is 0. The number of hydrogen-bond acceptors (Lipinski definition) is 4. The lowest BCUT2D eigenvalue weighted by Crippen LogP contribution is -1.93. The second-order valence-electron chi connectivity index (χ2n) is 5.56. The molecule has 0 bridgehead atoms. The third-order valence-corrected chi connectivity index (χ3v) is 3.70. The molecule has 4 heteroatoms. The molecule has 118 valence electrons. The van der Waals surface area contributed by atoms with Gasteiger partial charge in [0.15, 0.2) is 5.82 Å². The number of aliphatic hydroxyl groups excluding tert-OH is 1. The van der Waals surface area contributed by atoms with Crippen molar-refractivity contribution in [3.8, 4) is 17.1 Å². The molecule has 2 aromatic rings. The summed E-state index contributed by atoms with van der Waals surface area (Å²) in [4.78, 5) is 8.79. The summed E-state index contributed by atoms with van der Waals surface area (Å²) in [6, 6.07) is 6.92. The van der Waals surface area contributed by atoms with Crippen LogP contribution in [0.25, 0.3) is 11.4 Å². The van der Waals surface area contributed by atoms with Crippen LogP contribution in [0.2, 0.25) is 0 Å². The average molecular weight is 300 g/mol. The largest absolute Gasteiger partial charge is 0.508 e. The van der Waals surface area contributed by atoms with Gasteiger partial charge in [-0.05, 0) is 49.1 Å². The molecule has 0 unspecified atom stereocenters. The van der Waals surface area contributed by atoms with Crippen LogP contribution in [0.4, 0.5) is 0 Å². The Morgan fingerprint density at radius 1 is 0.773 bits per heavy atom. The van der Waals surface area contributed by atoms with Crippen LogP contribution in [0.3, 0.4) is 0 Å². The van der Waals surface area contributed by atoms with E-state index in [1.165, 1.54) is 19.3 Å². The average Bonchev–Trinajstić information content (AvgIpc) is 2.55. The third kappa shape index (κ3) is 5.45. The van der Waals surface area contributed by atoms with Crippen molar-refractivity contribution in [2.45, 2.75) is 44.9 Å². The fourth-order valence-electron chi connectivity index (χ4n) is 2.39. The van der Waals surface area contributed by atoms with E-state index in [1.807, 2.05) is 24.5 Å². The summed E-state index contributed by atoms with van der Waals surface area (Å²) in [5.41, 5.74) is 2.08. The predicted octanol–water partition coefficient (Wildman–Crippen LogP) is 3.72. The molecule has 0 atom stereocenters. The zero-order chi connectivity index (χ0) is 15.6. The van der Waals surface area contributed by atoms with E-state index in [2.05, 4.69) is 9.97 Å². The molecule has 0 radical (unpaired) electrons. The molecule has 1 aromatic heterocycles. The number of hydrogen-bond donors (Lipinski definition) is 2. The van der Waals surface area contributed by atoms with Gasteiger partial charge in [0.05, 0.1) is 0 Å². The van der Waals surface area contributed by atoms with Crippen LogP contribution in [-0.2, 0) is 6.42 Å². The highest BCUT2D eigenvalue weighted by Crippen LogP contribution is 2.18. The summed E-state index contributed by atoms with van der Waals surface area (Å²) in [5, 5.41) is 18.0. The molecule has 0 amide bonds. The molecule has 22 heavy (non-hydrogen) atoms. The van der Waals surface area contributed by atoms with E-state index in [-0.39, 0.29) is 5.75 Å². The van der Waals surface area contributed by atoms with Gasteiger partial charge in [-0.15, -0.1) is 0 Å². The number of unbranched alkanes of at least 4 members (excludes halogenated alkanes) is 5.